The average molecular weight is 483 g/mol. The maximum absolute atomic E-state index is 9.40. The SMILES string of the molecule is CCCCCCCCCCCCCCCCCCOC(CCO)C(CS)Oc1ncccn1. The summed E-state index contributed by atoms with van der Waals surface area (Å²) in [6.07, 6.45) is 25.1. The van der Waals surface area contributed by atoms with Gasteiger partial charge in [0, 0.05) is 37.8 Å². The number of rotatable bonds is 24. The molecular formula is C27H50N2O3S. The van der Waals surface area contributed by atoms with Gasteiger partial charge in [-0.2, -0.15) is 12.6 Å². The Labute approximate surface area is 208 Å². The lowest BCUT2D eigenvalue weighted by molar-refractivity contribution is -0.0324. The molecule has 5 nitrogen and oxygen atoms in total. The average Bonchev–Trinajstić information content (AvgIpc) is 2.84. The van der Waals surface area contributed by atoms with Gasteiger partial charge in [0.2, 0.25) is 0 Å². The highest BCUT2D eigenvalue weighted by molar-refractivity contribution is 7.80. The molecule has 192 valence electrons. The summed E-state index contributed by atoms with van der Waals surface area (Å²) in [6, 6.07) is 2.08. The molecule has 0 aliphatic rings. The Morgan fingerprint density at radius 1 is 0.758 bits per heavy atom. The number of unbranched alkanes of at least 4 members (excludes halogenated alkanes) is 15. The lowest BCUT2D eigenvalue weighted by Gasteiger charge is -2.25. The van der Waals surface area contributed by atoms with Gasteiger partial charge in [0.15, 0.2) is 0 Å². The standard InChI is InChI=1S/C27H50N2O3S/c1-2-3-4-5-6-7-8-9-10-11-12-13-14-15-16-17-23-31-25(19-22-30)26(24-33)32-27-28-20-18-21-29-27/h18,20-21,25-26,30,33H,2-17,19,22-24H2,1H3. The zero-order chi connectivity index (χ0) is 23.8. The summed E-state index contributed by atoms with van der Waals surface area (Å²) in [5.74, 6) is 0.488. The minimum atomic E-state index is -0.274. The molecule has 1 heterocycles. The number of aromatic nitrogens is 2. The van der Waals surface area contributed by atoms with Crippen molar-refractivity contribution in [2.75, 3.05) is 19.0 Å². The Balaban J connectivity index is 1.97. The van der Waals surface area contributed by atoms with Crippen LogP contribution in [0.3, 0.4) is 0 Å². The molecule has 0 amide bonds. The summed E-state index contributed by atoms with van der Waals surface area (Å²) in [4.78, 5) is 8.21. The molecule has 2 atom stereocenters. The van der Waals surface area contributed by atoms with Crippen LogP contribution in [0.1, 0.15) is 116 Å². The minimum absolute atomic E-state index is 0.0624. The van der Waals surface area contributed by atoms with Crippen LogP contribution in [-0.2, 0) is 4.74 Å². The van der Waals surface area contributed by atoms with E-state index in [1.54, 1.807) is 18.5 Å². The first kappa shape index (κ1) is 30.2. The predicted octanol–water partition coefficient (Wildman–Crippen LogP) is 7.18. The van der Waals surface area contributed by atoms with E-state index in [1.165, 1.54) is 96.3 Å². The summed E-state index contributed by atoms with van der Waals surface area (Å²) < 4.78 is 11.9. The molecule has 0 aliphatic carbocycles. The lowest BCUT2D eigenvalue weighted by Crippen LogP contribution is -2.37. The zero-order valence-electron chi connectivity index (χ0n) is 21.1. The largest absolute Gasteiger partial charge is 0.457 e. The van der Waals surface area contributed by atoms with Crippen molar-refractivity contribution in [3.63, 3.8) is 0 Å². The van der Waals surface area contributed by atoms with Gasteiger partial charge in [-0.3, -0.25) is 0 Å². The third-order valence-corrected chi connectivity index (χ3v) is 6.50. The van der Waals surface area contributed by atoms with Gasteiger partial charge in [0.25, 0.3) is 0 Å². The quantitative estimate of drug-likeness (QED) is 0.121. The Kier molecular flexibility index (Phi) is 21.0. The molecule has 0 radical (unpaired) electrons. The van der Waals surface area contributed by atoms with E-state index in [-0.39, 0.29) is 18.8 Å². The van der Waals surface area contributed by atoms with Crippen LogP contribution in [0.2, 0.25) is 0 Å². The van der Waals surface area contributed by atoms with Crippen molar-refractivity contribution < 1.29 is 14.6 Å². The van der Waals surface area contributed by atoms with Crippen LogP contribution in [0.25, 0.3) is 0 Å². The van der Waals surface area contributed by atoms with E-state index in [0.29, 0.717) is 24.8 Å². The van der Waals surface area contributed by atoms with Crippen molar-refractivity contribution >= 4 is 12.6 Å². The summed E-state index contributed by atoms with van der Waals surface area (Å²) in [7, 11) is 0. The zero-order valence-corrected chi connectivity index (χ0v) is 22.0. The Hall–Kier alpha value is -0.850. The normalized spacial score (nSPS) is 13.2. The lowest BCUT2D eigenvalue weighted by atomic mass is 10.0. The van der Waals surface area contributed by atoms with Crippen LogP contribution in [-0.4, -0.2) is 46.2 Å². The molecule has 1 N–H and O–H groups in total. The number of aliphatic hydroxyl groups excluding tert-OH is 1. The van der Waals surface area contributed by atoms with Gasteiger partial charge in [-0.25, -0.2) is 9.97 Å². The summed E-state index contributed by atoms with van der Waals surface area (Å²) in [6.45, 7) is 3.03. The van der Waals surface area contributed by atoms with Crippen molar-refractivity contribution in [3.8, 4) is 6.01 Å². The van der Waals surface area contributed by atoms with E-state index in [9.17, 15) is 5.11 Å². The third-order valence-electron chi connectivity index (χ3n) is 6.14. The van der Waals surface area contributed by atoms with E-state index < -0.39 is 0 Å². The fourth-order valence-electron chi connectivity index (χ4n) is 4.10. The van der Waals surface area contributed by atoms with Crippen LogP contribution >= 0.6 is 12.6 Å². The fourth-order valence-corrected chi connectivity index (χ4v) is 4.41. The van der Waals surface area contributed by atoms with Crippen molar-refractivity contribution in [2.24, 2.45) is 0 Å². The first-order valence-corrected chi connectivity index (χ1v) is 14.2. The van der Waals surface area contributed by atoms with Gasteiger partial charge in [0.1, 0.15) is 6.10 Å². The van der Waals surface area contributed by atoms with E-state index in [2.05, 4.69) is 29.5 Å². The number of thiol groups is 1. The van der Waals surface area contributed by atoms with Crippen LogP contribution < -0.4 is 4.74 Å². The Morgan fingerprint density at radius 2 is 1.24 bits per heavy atom. The number of hydrogen-bond donors (Lipinski definition) is 2. The third kappa shape index (κ3) is 17.3. The number of nitrogens with zero attached hydrogens (tertiary/aromatic N) is 2. The van der Waals surface area contributed by atoms with Crippen molar-refractivity contribution in [2.45, 2.75) is 128 Å². The highest BCUT2D eigenvalue weighted by Crippen LogP contribution is 2.16. The second-order valence-electron chi connectivity index (χ2n) is 9.10. The fraction of sp³-hybridized carbons (Fsp3) is 0.852. The minimum Gasteiger partial charge on any atom is -0.457 e. The van der Waals surface area contributed by atoms with Crippen molar-refractivity contribution in [1.82, 2.24) is 9.97 Å². The predicted molar refractivity (Wildman–Crippen MR) is 141 cm³/mol. The second kappa shape index (κ2) is 22.9. The molecule has 33 heavy (non-hydrogen) atoms. The Morgan fingerprint density at radius 3 is 1.70 bits per heavy atom. The van der Waals surface area contributed by atoms with Gasteiger partial charge in [0.05, 0.1) is 6.10 Å². The first-order valence-electron chi connectivity index (χ1n) is 13.6. The van der Waals surface area contributed by atoms with Crippen LogP contribution in [0.4, 0.5) is 0 Å². The highest BCUT2D eigenvalue weighted by Gasteiger charge is 2.23. The smallest absolute Gasteiger partial charge is 0.316 e. The molecule has 0 fully saturated rings. The highest BCUT2D eigenvalue weighted by atomic mass is 32.1. The Bertz CT molecular complexity index is 521. The molecule has 0 saturated heterocycles. The molecule has 0 spiro atoms. The van der Waals surface area contributed by atoms with Crippen LogP contribution in [0.5, 0.6) is 6.01 Å². The molecule has 0 saturated carbocycles. The molecule has 6 heteroatoms. The molecule has 1 aromatic rings. The van der Waals surface area contributed by atoms with Crippen molar-refractivity contribution in [3.05, 3.63) is 18.5 Å². The molecule has 0 bridgehead atoms. The molecule has 0 aromatic carbocycles. The van der Waals surface area contributed by atoms with Gasteiger partial charge in [-0.15, -0.1) is 0 Å². The van der Waals surface area contributed by atoms with Crippen molar-refractivity contribution in [1.29, 1.82) is 0 Å². The number of hydrogen-bond acceptors (Lipinski definition) is 6. The van der Waals surface area contributed by atoms with Gasteiger partial charge in [-0.1, -0.05) is 103 Å². The maximum atomic E-state index is 9.40. The van der Waals surface area contributed by atoms with E-state index in [1.807, 2.05) is 0 Å². The van der Waals surface area contributed by atoms with Crippen LogP contribution in [0, 0.1) is 0 Å². The maximum Gasteiger partial charge on any atom is 0.316 e. The van der Waals surface area contributed by atoms with Gasteiger partial charge >= 0.3 is 6.01 Å². The van der Waals surface area contributed by atoms with Gasteiger partial charge in [-0.05, 0) is 12.5 Å². The molecule has 2 unspecified atom stereocenters. The number of ether oxygens (including phenoxy) is 2. The second-order valence-corrected chi connectivity index (χ2v) is 9.46. The topological polar surface area (TPSA) is 64.5 Å². The number of aliphatic hydroxyl groups is 1. The summed E-state index contributed by atoms with van der Waals surface area (Å²) in [5, 5.41) is 9.40. The van der Waals surface area contributed by atoms with Gasteiger partial charge < -0.3 is 14.6 Å². The first-order chi connectivity index (χ1) is 16.3. The molecule has 1 rings (SSSR count). The van der Waals surface area contributed by atoms with E-state index >= 15 is 0 Å². The monoisotopic (exact) mass is 482 g/mol. The summed E-state index contributed by atoms with van der Waals surface area (Å²) >= 11 is 4.39. The molecule has 0 aliphatic heterocycles. The molecule has 1 aromatic heterocycles. The van der Waals surface area contributed by atoms with E-state index in [0.717, 1.165) is 6.42 Å². The summed E-state index contributed by atoms with van der Waals surface area (Å²) in [5.41, 5.74) is 0. The van der Waals surface area contributed by atoms with E-state index in [4.69, 9.17) is 9.47 Å². The van der Waals surface area contributed by atoms with Crippen LogP contribution in [0.15, 0.2) is 18.5 Å². The molecular weight excluding hydrogens is 432 g/mol.